The van der Waals surface area contributed by atoms with Crippen LogP contribution in [0.5, 0.6) is 0 Å². The first-order chi connectivity index (χ1) is 7.77. The predicted molar refractivity (Wildman–Crippen MR) is 78.2 cm³/mol. The van der Waals surface area contributed by atoms with Gasteiger partial charge in [0.15, 0.2) is 0 Å². The Labute approximate surface area is 124 Å². The summed E-state index contributed by atoms with van der Waals surface area (Å²) in [6, 6.07) is 0. The van der Waals surface area contributed by atoms with Gasteiger partial charge in [0.05, 0.1) is 4.83 Å². The Morgan fingerprint density at radius 1 is 1.71 bits per heavy atom. The highest BCUT2D eigenvalue weighted by molar-refractivity contribution is 9.09. The van der Waals surface area contributed by atoms with Crippen molar-refractivity contribution in [2.75, 3.05) is 5.88 Å². The number of ether oxygens (including phenoxy) is 1. The second-order valence-corrected chi connectivity index (χ2v) is 7.41. The summed E-state index contributed by atoms with van der Waals surface area (Å²) >= 11 is 13.1. The summed E-state index contributed by atoms with van der Waals surface area (Å²) in [6.45, 7) is 5.75. The number of rotatable bonds is 3. The summed E-state index contributed by atoms with van der Waals surface area (Å²) in [6.07, 6.45) is 2.75. The lowest BCUT2D eigenvalue weighted by molar-refractivity contribution is -0.145. The summed E-state index contributed by atoms with van der Waals surface area (Å²) in [5, 5.41) is 0. The second-order valence-electron chi connectivity index (χ2n) is 4.89. The van der Waals surface area contributed by atoms with Gasteiger partial charge in [-0.3, -0.25) is 4.79 Å². The first kappa shape index (κ1) is 15.5. The molecule has 0 aromatic heterocycles. The molecule has 0 N–H and O–H groups in total. The minimum absolute atomic E-state index is 0.0318. The van der Waals surface area contributed by atoms with Gasteiger partial charge in [0.25, 0.3) is 0 Å². The van der Waals surface area contributed by atoms with Crippen molar-refractivity contribution in [3.05, 3.63) is 11.6 Å². The summed E-state index contributed by atoms with van der Waals surface area (Å²) in [4.78, 5) is 11.5. The lowest BCUT2D eigenvalue weighted by Gasteiger charge is -2.38. The Bertz CT molecular complexity index is 328. The molecule has 0 aromatic carbocycles. The van der Waals surface area contributed by atoms with Crippen molar-refractivity contribution in [3.8, 4) is 0 Å². The van der Waals surface area contributed by atoms with Crippen molar-refractivity contribution >= 4 is 49.4 Å². The van der Waals surface area contributed by atoms with Gasteiger partial charge in [-0.15, -0.1) is 11.6 Å². The van der Waals surface area contributed by atoms with E-state index >= 15 is 0 Å². The average molecular weight is 389 g/mol. The maximum atomic E-state index is 11.1. The van der Waals surface area contributed by atoms with E-state index in [0.29, 0.717) is 5.88 Å². The Balaban J connectivity index is 3.00. The van der Waals surface area contributed by atoms with Gasteiger partial charge in [0.2, 0.25) is 0 Å². The van der Waals surface area contributed by atoms with Crippen LogP contribution in [-0.2, 0) is 9.53 Å². The van der Waals surface area contributed by atoms with Gasteiger partial charge in [-0.2, -0.15) is 0 Å². The molecule has 0 aliphatic heterocycles. The number of allylic oxidation sites excluding steroid dienone is 1. The molecule has 0 aromatic rings. The van der Waals surface area contributed by atoms with Crippen LogP contribution in [0.15, 0.2) is 11.6 Å². The molecule has 1 rings (SSSR count). The Morgan fingerprint density at radius 3 is 2.76 bits per heavy atom. The summed E-state index contributed by atoms with van der Waals surface area (Å²) < 4.78 is 5.36. The fraction of sp³-hybridized carbons (Fsp3) is 0.750. The third-order valence-corrected chi connectivity index (χ3v) is 6.03. The van der Waals surface area contributed by atoms with E-state index in [1.54, 1.807) is 0 Å². The van der Waals surface area contributed by atoms with Crippen LogP contribution < -0.4 is 0 Å². The maximum Gasteiger partial charge on any atom is 0.303 e. The van der Waals surface area contributed by atoms with Gasteiger partial charge in [0, 0.05) is 24.1 Å². The first-order valence-electron chi connectivity index (χ1n) is 5.52. The van der Waals surface area contributed by atoms with Crippen LogP contribution in [0.3, 0.4) is 0 Å². The Kier molecular flexibility index (Phi) is 5.54. The van der Waals surface area contributed by atoms with Gasteiger partial charge in [-0.05, 0) is 11.0 Å². The molecule has 1 aliphatic carbocycles. The normalized spacial score (nSPS) is 29.4. The van der Waals surface area contributed by atoms with E-state index in [9.17, 15) is 4.79 Å². The molecule has 0 bridgehead atoms. The smallest absolute Gasteiger partial charge is 0.303 e. The molecule has 0 spiro atoms. The van der Waals surface area contributed by atoms with E-state index in [4.69, 9.17) is 16.3 Å². The standard InChI is InChI=1S/C12H17Br2ClO2/c1-7(16)17-10-4-11(14)12(2,3)5-8(10)9(13)6-15/h5,9-11H,4,6H2,1-3H3/t9-,10+,11+/m0/s1. The molecule has 0 amide bonds. The molecule has 0 heterocycles. The number of halogens is 3. The van der Waals surface area contributed by atoms with E-state index in [2.05, 4.69) is 51.8 Å². The van der Waals surface area contributed by atoms with E-state index in [-0.39, 0.29) is 27.1 Å². The van der Waals surface area contributed by atoms with Crippen molar-refractivity contribution in [1.29, 1.82) is 0 Å². The number of carbonyl (C=O) groups is 1. The van der Waals surface area contributed by atoms with E-state index in [1.807, 2.05) is 0 Å². The quantitative estimate of drug-likeness (QED) is 0.414. The highest BCUT2D eigenvalue weighted by Gasteiger charge is 2.38. The largest absolute Gasteiger partial charge is 0.458 e. The third kappa shape index (κ3) is 3.97. The zero-order valence-electron chi connectivity index (χ0n) is 10.2. The molecular weight excluding hydrogens is 371 g/mol. The van der Waals surface area contributed by atoms with E-state index < -0.39 is 0 Å². The molecule has 0 saturated heterocycles. The van der Waals surface area contributed by atoms with Crippen molar-refractivity contribution in [3.63, 3.8) is 0 Å². The van der Waals surface area contributed by atoms with Crippen LogP contribution in [0.25, 0.3) is 0 Å². The molecule has 5 heteroatoms. The molecule has 2 nitrogen and oxygen atoms in total. The fourth-order valence-corrected chi connectivity index (χ4v) is 3.02. The number of alkyl halides is 3. The molecule has 0 fully saturated rings. The highest BCUT2D eigenvalue weighted by atomic mass is 79.9. The van der Waals surface area contributed by atoms with Gasteiger partial charge in [-0.1, -0.05) is 51.8 Å². The molecule has 0 unspecified atom stereocenters. The highest BCUT2D eigenvalue weighted by Crippen LogP contribution is 2.41. The summed E-state index contributed by atoms with van der Waals surface area (Å²) in [5.74, 6) is 0.210. The molecule has 17 heavy (non-hydrogen) atoms. The summed E-state index contributed by atoms with van der Waals surface area (Å²) in [5.41, 5.74) is 1.10. The SMILES string of the molecule is CC(=O)O[C@@H]1C[C@@H](Br)C(C)(C)C=C1[C@@H](Br)CCl. The zero-order chi connectivity index (χ0) is 13.2. The molecule has 0 radical (unpaired) electrons. The Morgan fingerprint density at radius 2 is 2.29 bits per heavy atom. The summed E-state index contributed by atoms with van der Waals surface area (Å²) in [7, 11) is 0. The van der Waals surface area contributed by atoms with E-state index in [0.717, 1.165) is 12.0 Å². The van der Waals surface area contributed by atoms with Crippen molar-refractivity contribution < 1.29 is 9.53 Å². The second kappa shape index (κ2) is 6.07. The van der Waals surface area contributed by atoms with Gasteiger partial charge < -0.3 is 4.74 Å². The van der Waals surface area contributed by atoms with Crippen molar-refractivity contribution in [2.45, 2.75) is 43.0 Å². The van der Waals surface area contributed by atoms with Crippen LogP contribution in [0.1, 0.15) is 27.2 Å². The molecular formula is C12H17Br2ClO2. The monoisotopic (exact) mass is 386 g/mol. The van der Waals surface area contributed by atoms with Gasteiger partial charge in [0.1, 0.15) is 6.10 Å². The number of hydrogen-bond donors (Lipinski definition) is 0. The van der Waals surface area contributed by atoms with Crippen molar-refractivity contribution in [2.24, 2.45) is 5.41 Å². The first-order valence-corrected chi connectivity index (χ1v) is 7.88. The third-order valence-electron chi connectivity index (χ3n) is 2.94. The number of hydrogen-bond acceptors (Lipinski definition) is 2. The van der Waals surface area contributed by atoms with Gasteiger partial charge >= 0.3 is 5.97 Å². The fourth-order valence-electron chi connectivity index (χ4n) is 1.94. The Hall–Kier alpha value is 0.460. The van der Waals surface area contributed by atoms with Crippen LogP contribution in [0.4, 0.5) is 0 Å². The minimum Gasteiger partial charge on any atom is -0.458 e. The lowest BCUT2D eigenvalue weighted by atomic mass is 9.77. The molecule has 3 atom stereocenters. The predicted octanol–water partition coefficient (Wildman–Crippen LogP) is 4.04. The average Bonchev–Trinajstić information content (AvgIpc) is 2.21. The topological polar surface area (TPSA) is 26.3 Å². The van der Waals surface area contributed by atoms with Crippen molar-refractivity contribution in [1.82, 2.24) is 0 Å². The van der Waals surface area contributed by atoms with Crippen LogP contribution in [0.2, 0.25) is 0 Å². The van der Waals surface area contributed by atoms with Crippen LogP contribution >= 0.6 is 43.5 Å². The molecule has 1 aliphatic rings. The van der Waals surface area contributed by atoms with Crippen LogP contribution in [-0.4, -0.2) is 27.6 Å². The lowest BCUT2D eigenvalue weighted by Crippen LogP contribution is -2.38. The maximum absolute atomic E-state index is 11.1. The van der Waals surface area contributed by atoms with Gasteiger partial charge in [-0.25, -0.2) is 0 Å². The number of carbonyl (C=O) groups excluding carboxylic acids is 1. The molecule has 0 saturated carbocycles. The molecule has 98 valence electrons. The zero-order valence-corrected chi connectivity index (χ0v) is 14.1. The number of esters is 1. The van der Waals surface area contributed by atoms with E-state index in [1.165, 1.54) is 6.92 Å². The minimum atomic E-state index is -0.255. The van der Waals surface area contributed by atoms with Crippen LogP contribution in [0, 0.1) is 5.41 Å².